The zero-order chi connectivity index (χ0) is 32.4. The minimum absolute atomic E-state index is 0.176. The van der Waals surface area contributed by atoms with E-state index >= 15 is 0 Å². The van der Waals surface area contributed by atoms with Crippen molar-refractivity contribution in [2.24, 2.45) is 5.92 Å². The lowest BCUT2D eigenvalue weighted by Gasteiger charge is -2.33. The summed E-state index contributed by atoms with van der Waals surface area (Å²) in [6.45, 7) is 9.11. The van der Waals surface area contributed by atoms with E-state index in [2.05, 4.69) is 49.9 Å². The number of hydrogen-bond donors (Lipinski definition) is 1. The van der Waals surface area contributed by atoms with Crippen molar-refractivity contribution in [3.8, 4) is 6.07 Å². The molecule has 0 radical (unpaired) electrons. The molecule has 46 heavy (non-hydrogen) atoms. The van der Waals surface area contributed by atoms with Crippen LogP contribution in [0.5, 0.6) is 0 Å². The lowest BCUT2D eigenvalue weighted by Crippen LogP contribution is -2.39. The third-order valence-corrected chi connectivity index (χ3v) is 10.7. The second-order valence-corrected chi connectivity index (χ2v) is 13.8. The van der Waals surface area contributed by atoms with E-state index in [9.17, 15) is 23.2 Å². The molecule has 0 spiro atoms. The number of nitrogens with zero attached hydrogens (tertiary/aromatic N) is 6. The van der Waals surface area contributed by atoms with Crippen molar-refractivity contribution >= 4 is 44.2 Å². The Labute approximate surface area is 271 Å². The van der Waals surface area contributed by atoms with E-state index in [0.717, 1.165) is 93.6 Å². The average Bonchev–Trinajstić information content (AvgIpc) is 3.62. The summed E-state index contributed by atoms with van der Waals surface area (Å²) in [5.74, 6) is 1.39. The summed E-state index contributed by atoms with van der Waals surface area (Å²) < 4.78 is 41.0. The van der Waals surface area contributed by atoms with E-state index in [1.165, 1.54) is 17.5 Å². The predicted molar refractivity (Wildman–Crippen MR) is 175 cm³/mol. The molecular weight excluding hydrogens is 611 g/mol. The SMILES string of the molecule is CCC(=O)N1CCC(CCn2c(C#N)cc3c(C)c(CN4CCC(Nc5ncnc6sc(CC(F)(F)F)cc56)CC4)ccc32)CC1. The third kappa shape index (κ3) is 7.15. The van der Waals surface area contributed by atoms with Gasteiger partial charge in [0.05, 0.1) is 11.8 Å². The Morgan fingerprint density at radius 3 is 2.54 bits per heavy atom. The number of anilines is 1. The van der Waals surface area contributed by atoms with E-state index in [1.54, 1.807) is 6.07 Å². The lowest BCUT2D eigenvalue weighted by molar-refractivity contribution is -0.132. The molecule has 4 aromatic rings. The van der Waals surface area contributed by atoms with Crippen LogP contribution in [-0.4, -0.2) is 68.6 Å². The Morgan fingerprint density at radius 2 is 1.85 bits per heavy atom. The number of benzene rings is 1. The van der Waals surface area contributed by atoms with E-state index in [1.807, 2.05) is 17.9 Å². The smallest absolute Gasteiger partial charge is 0.367 e. The molecule has 2 aliphatic heterocycles. The van der Waals surface area contributed by atoms with Gasteiger partial charge in [0.25, 0.3) is 0 Å². The highest BCUT2D eigenvalue weighted by molar-refractivity contribution is 7.18. The summed E-state index contributed by atoms with van der Waals surface area (Å²) in [5.41, 5.74) is 4.24. The maximum atomic E-state index is 12.9. The maximum Gasteiger partial charge on any atom is 0.393 e. The van der Waals surface area contributed by atoms with Gasteiger partial charge in [-0.2, -0.15) is 18.4 Å². The number of likely N-dealkylation sites (tertiary alicyclic amines) is 2. The number of carbonyl (C=O) groups is 1. The minimum Gasteiger partial charge on any atom is -0.367 e. The molecule has 0 atom stereocenters. The first-order chi connectivity index (χ1) is 22.1. The minimum atomic E-state index is -4.25. The number of amides is 1. The number of hydrogen-bond acceptors (Lipinski definition) is 7. The second kappa shape index (κ2) is 13.6. The van der Waals surface area contributed by atoms with Gasteiger partial charge in [-0.1, -0.05) is 13.0 Å². The molecule has 2 saturated heterocycles. The molecule has 1 N–H and O–H groups in total. The van der Waals surface area contributed by atoms with E-state index in [0.29, 0.717) is 34.1 Å². The first-order valence-electron chi connectivity index (χ1n) is 16.2. The number of carbonyl (C=O) groups excluding carboxylic acids is 1. The van der Waals surface area contributed by atoms with Crippen LogP contribution in [0.15, 0.2) is 30.6 Å². The van der Waals surface area contributed by atoms with Crippen LogP contribution in [0.4, 0.5) is 19.0 Å². The molecule has 5 heterocycles. The lowest BCUT2D eigenvalue weighted by atomic mass is 9.93. The largest absolute Gasteiger partial charge is 0.393 e. The molecule has 8 nitrogen and oxygen atoms in total. The number of alkyl halides is 3. The van der Waals surface area contributed by atoms with Crippen molar-refractivity contribution < 1.29 is 18.0 Å². The van der Waals surface area contributed by atoms with Gasteiger partial charge in [-0.15, -0.1) is 11.3 Å². The quantitative estimate of drug-likeness (QED) is 0.209. The molecule has 1 aromatic carbocycles. The highest BCUT2D eigenvalue weighted by Crippen LogP contribution is 2.34. The third-order valence-electron chi connectivity index (χ3n) is 9.69. The molecule has 12 heteroatoms. The summed E-state index contributed by atoms with van der Waals surface area (Å²) in [6, 6.07) is 10.5. The van der Waals surface area contributed by atoms with Crippen LogP contribution in [0.3, 0.4) is 0 Å². The number of fused-ring (bicyclic) bond motifs is 2. The van der Waals surface area contributed by atoms with E-state index in [4.69, 9.17) is 0 Å². The Balaban J connectivity index is 1.06. The van der Waals surface area contributed by atoms with Crippen LogP contribution in [0.25, 0.3) is 21.1 Å². The van der Waals surface area contributed by atoms with Crippen molar-refractivity contribution in [2.45, 2.75) is 84.1 Å². The summed E-state index contributed by atoms with van der Waals surface area (Å²) >= 11 is 1.07. The number of piperidine rings is 2. The Bertz CT molecular complexity index is 1740. The number of rotatable bonds is 9. The molecule has 3 aromatic heterocycles. The fourth-order valence-corrected chi connectivity index (χ4v) is 8.03. The maximum absolute atomic E-state index is 12.9. The van der Waals surface area contributed by atoms with Crippen LogP contribution in [0.2, 0.25) is 0 Å². The number of thiophene rings is 1. The van der Waals surface area contributed by atoms with Crippen LogP contribution in [-0.2, 0) is 24.3 Å². The van der Waals surface area contributed by atoms with Gasteiger partial charge in [-0.25, -0.2) is 9.97 Å². The molecule has 244 valence electrons. The van der Waals surface area contributed by atoms with Gasteiger partial charge in [-0.05, 0) is 74.3 Å². The van der Waals surface area contributed by atoms with Gasteiger partial charge in [0.15, 0.2) is 0 Å². The van der Waals surface area contributed by atoms with Crippen LogP contribution < -0.4 is 5.32 Å². The number of nitrogens with one attached hydrogen (secondary N) is 1. The molecular formula is C34H40F3N7OS. The highest BCUT2D eigenvalue weighted by Gasteiger charge is 2.29. The molecule has 0 aliphatic carbocycles. The van der Waals surface area contributed by atoms with Crippen molar-refractivity contribution in [2.75, 3.05) is 31.5 Å². The number of nitriles is 1. The van der Waals surface area contributed by atoms with Crippen LogP contribution in [0, 0.1) is 24.2 Å². The van der Waals surface area contributed by atoms with Gasteiger partial charge in [0.2, 0.25) is 5.91 Å². The molecule has 0 unspecified atom stereocenters. The average molecular weight is 652 g/mol. The number of halogens is 3. The molecule has 2 fully saturated rings. The topological polar surface area (TPSA) is 90.1 Å². The van der Waals surface area contributed by atoms with Crippen molar-refractivity contribution in [3.63, 3.8) is 0 Å². The van der Waals surface area contributed by atoms with Gasteiger partial charge in [-0.3, -0.25) is 9.69 Å². The molecule has 6 rings (SSSR count). The van der Waals surface area contributed by atoms with E-state index < -0.39 is 12.6 Å². The molecule has 0 bridgehead atoms. The zero-order valence-corrected chi connectivity index (χ0v) is 27.2. The van der Waals surface area contributed by atoms with Crippen LogP contribution >= 0.6 is 11.3 Å². The number of aryl methyl sites for hydroxylation is 2. The van der Waals surface area contributed by atoms with E-state index in [-0.39, 0.29) is 16.8 Å². The summed E-state index contributed by atoms with van der Waals surface area (Å²) in [5, 5.41) is 15.2. The van der Waals surface area contributed by atoms with Gasteiger partial charge < -0.3 is 14.8 Å². The summed E-state index contributed by atoms with van der Waals surface area (Å²) in [7, 11) is 0. The standard InChI is InChI=1S/C34H40F3N7OS/c1-3-31(45)43-13-6-23(7-14-43)8-15-44-26(19-38)16-28-22(2)24(4-5-30(28)44)20-42-11-9-25(10-12-42)41-32-29-17-27(18-34(35,36)37)46-33(29)40-21-39-32/h4-5,16-17,21,23,25H,3,6-15,18,20H2,1-2H3,(H,39,40,41). The zero-order valence-electron chi connectivity index (χ0n) is 26.4. The second-order valence-electron chi connectivity index (χ2n) is 12.7. The normalized spacial score (nSPS) is 17.2. The summed E-state index contributed by atoms with van der Waals surface area (Å²) in [6.07, 6.45) is 1.59. The molecule has 0 saturated carbocycles. The highest BCUT2D eigenvalue weighted by atomic mass is 32.1. The molecule has 2 aliphatic rings. The Kier molecular flexibility index (Phi) is 9.52. The van der Waals surface area contributed by atoms with Crippen LogP contribution in [0.1, 0.15) is 67.1 Å². The fraction of sp³-hybridized carbons (Fsp3) is 0.529. The van der Waals surface area contributed by atoms with Crippen molar-refractivity contribution in [1.29, 1.82) is 5.26 Å². The Morgan fingerprint density at radius 1 is 1.09 bits per heavy atom. The van der Waals surface area contributed by atoms with Crippen molar-refractivity contribution in [3.05, 3.63) is 52.3 Å². The van der Waals surface area contributed by atoms with Gasteiger partial charge >= 0.3 is 6.18 Å². The first-order valence-corrected chi connectivity index (χ1v) is 17.0. The number of aromatic nitrogens is 3. The Hall–Kier alpha value is -3.69. The van der Waals surface area contributed by atoms with Gasteiger partial charge in [0, 0.05) is 67.5 Å². The predicted octanol–water partition coefficient (Wildman–Crippen LogP) is 7.05. The first kappa shape index (κ1) is 32.3. The monoisotopic (exact) mass is 651 g/mol. The summed E-state index contributed by atoms with van der Waals surface area (Å²) in [4.78, 5) is 25.8. The fourth-order valence-electron chi connectivity index (χ4n) is 7.01. The van der Waals surface area contributed by atoms with Gasteiger partial charge in [0.1, 0.15) is 28.7 Å². The van der Waals surface area contributed by atoms with Crippen molar-refractivity contribution in [1.82, 2.24) is 24.3 Å². The molecule has 1 amide bonds.